The summed E-state index contributed by atoms with van der Waals surface area (Å²) in [6.07, 6.45) is 0. The molecule has 0 radical (unpaired) electrons. The fourth-order valence-electron chi connectivity index (χ4n) is 1.79. The standard InChI is InChI=1S/C13H10ClF2NO2S/c14-9-1-2-13(12(17)5-9)20(18,19)7-8-3-10(15)6-11(16)4-8/h1-6H,7,17H2. The van der Waals surface area contributed by atoms with Crippen LogP contribution in [0.2, 0.25) is 5.02 Å². The Balaban J connectivity index is 2.40. The van der Waals surface area contributed by atoms with Crippen LogP contribution in [0.5, 0.6) is 0 Å². The Bertz CT molecular complexity index is 743. The zero-order chi connectivity index (χ0) is 14.9. The van der Waals surface area contributed by atoms with Crippen LogP contribution in [0.4, 0.5) is 14.5 Å². The minimum absolute atomic E-state index is 0.00521. The number of rotatable bonds is 3. The molecule has 0 aliphatic carbocycles. The maximum absolute atomic E-state index is 13.1. The first kappa shape index (κ1) is 14.7. The summed E-state index contributed by atoms with van der Waals surface area (Å²) in [5.74, 6) is -2.22. The van der Waals surface area contributed by atoms with Gasteiger partial charge >= 0.3 is 0 Å². The number of nitrogen functional groups attached to an aromatic ring is 1. The van der Waals surface area contributed by atoms with Crippen LogP contribution in [0.15, 0.2) is 41.3 Å². The predicted octanol–water partition coefficient (Wildman–Crippen LogP) is 3.17. The molecule has 0 bridgehead atoms. The quantitative estimate of drug-likeness (QED) is 0.884. The van der Waals surface area contributed by atoms with E-state index in [2.05, 4.69) is 0 Å². The molecule has 0 atom stereocenters. The van der Waals surface area contributed by atoms with Gasteiger partial charge in [0.15, 0.2) is 9.84 Å². The Labute approximate surface area is 119 Å². The second-order valence-corrected chi connectivity index (χ2v) is 6.61. The molecule has 0 unspecified atom stereocenters. The van der Waals surface area contributed by atoms with E-state index in [1.54, 1.807) is 0 Å². The van der Waals surface area contributed by atoms with Crippen LogP contribution in [-0.4, -0.2) is 8.42 Å². The van der Waals surface area contributed by atoms with E-state index in [0.717, 1.165) is 12.1 Å². The minimum atomic E-state index is -3.81. The number of benzene rings is 2. The van der Waals surface area contributed by atoms with E-state index in [4.69, 9.17) is 17.3 Å². The molecule has 20 heavy (non-hydrogen) atoms. The smallest absolute Gasteiger partial charge is 0.184 e. The maximum Gasteiger partial charge on any atom is 0.184 e. The summed E-state index contributed by atoms with van der Waals surface area (Å²) in [6, 6.07) is 6.56. The van der Waals surface area contributed by atoms with Gasteiger partial charge in [-0.3, -0.25) is 0 Å². The largest absolute Gasteiger partial charge is 0.398 e. The van der Waals surface area contributed by atoms with Crippen molar-refractivity contribution in [3.8, 4) is 0 Å². The van der Waals surface area contributed by atoms with E-state index in [1.807, 2.05) is 0 Å². The fourth-order valence-corrected chi connectivity index (χ4v) is 3.43. The van der Waals surface area contributed by atoms with Crippen molar-refractivity contribution >= 4 is 27.1 Å². The van der Waals surface area contributed by atoms with Crippen LogP contribution in [0.1, 0.15) is 5.56 Å². The highest BCUT2D eigenvalue weighted by atomic mass is 35.5. The van der Waals surface area contributed by atoms with E-state index >= 15 is 0 Å². The van der Waals surface area contributed by atoms with Gasteiger partial charge in [-0.25, -0.2) is 17.2 Å². The topological polar surface area (TPSA) is 60.2 Å². The average molecular weight is 318 g/mol. The van der Waals surface area contributed by atoms with Gasteiger partial charge in [0.25, 0.3) is 0 Å². The number of nitrogens with two attached hydrogens (primary N) is 1. The SMILES string of the molecule is Nc1cc(Cl)ccc1S(=O)(=O)Cc1cc(F)cc(F)c1. The molecular formula is C13H10ClF2NO2S. The minimum Gasteiger partial charge on any atom is -0.398 e. The predicted molar refractivity (Wildman–Crippen MR) is 73.1 cm³/mol. The summed E-state index contributed by atoms with van der Waals surface area (Å²) in [5.41, 5.74) is 5.61. The van der Waals surface area contributed by atoms with E-state index in [0.29, 0.717) is 11.1 Å². The van der Waals surface area contributed by atoms with Gasteiger partial charge in [-0.2, -0.15) is 0 Å². The first-order valence-electron chi connectivity index (χ1n) is 5.51. The molecule has 2 N–H and O–H groups in total. The molecular weight excluding hydrogens is 308 g/mol. The van der Waals surface area contributed by atoms with Crippen LogP contribution < -0.4 is 5.73 Å². The van der Waals surface area contributed by atoms with Crippen LogP contribution in [0.3, 0.4) is 0 Å². The molecule has 0 aromatic heterocycles. The van der Waals surface area contributed by atoms with Crippen molar-refractivity contribution in [3.63, 3.8) is 0 Å². The molecule has 0 aliphatic rings. The molecule has 0 saturated heterocycles. The highest BCUT2D eigenvalue weighted by Crippen LogP contribution is 2.25. The highest BCUT2D eigenvalue weighted by Gasteiger charge is 2.19. The summed E-state index contributed by atoms with van der Waals surface area (Å²) in [5, 5.41) is 0.304. The Morgan fingerprint density at radius 2 is 1.65 bits per heavy atom. The van der Waals surface area contributed by atoms with Crippen LogP contribution in [-0.2, 0) is 15.6 Å². The van der Waals surface area contributed by atoms with Gasteiger partial charge in [-0.1, -0.05) is 11.6 Å². The molecule has 2 aromatic carbocycles. The molecule has 0 aliphatic heterocycles. The Morgan fingerprint density at radius 3 is 2.20 bits per heavy atom. The van der Waals surface area contributed by atoms with Crippen molar-refractivity contribution in [3.05, 3.63) is 58.6 Å². The third-order valence-corrected chi connectivity index (χ3v) is 4.58. The third-order valence-electron chi connectivity index (χ3n) is 2.59. The first-order chi connectivity index (χ1) is 9.28. The lowest BCUT2D eigenvalue weighted by atomic mass is 10.2. The van der Waals surface area contributed by atoms with E-state index < -0.39 is 27.2 Å². The van der Waals surface area contributed by atoms with Crippen LogP contribution in [0, 0.1) is 11.6 Å². The molecule has 0 fully saturated rings. The van der Waals surface area contributed by atoms with E-state index in [-0.39, 0.29) is 16.1 Å². The molecule has 0 spiro atoms. The first-order valence-corrected chi connectivity index (χ1v) is 7.54. The summed E-state index contributed by atoms with van der Waals surface area (Å²) in [7, 11) is -3.81. The molecule has 2 rings (SSSR count). The summed E-state index contributed by atoms with van der Waals surface area (Å²) in [4.78, 5) is -0.119. The van der Waals surface area contributed by atoms with Gasteiger partial charge in [0.2, 0.25) is 0 Å². The average Bonchev–Trinajstić information content (AvgIpc) is 2.25. The lowest BCUT2D eigenvalue weighted by Gasteiger charge is -2.08. The maximum atomic E-state index is 13.1. The van der Waals surface area contributed by atoms with Crippen molar-refractivity contribution in [2.24, 2.45) is 0 Å². The highest BCUT2D eigenvalue weighted by molar-refractivity contribution is 7.90. The Hall–Kier alpha value is -1.66. The van der Waals surface area contributed by atoms with Gasteiger partial charge in [0.1, 0.15) is 11.6 Å². The van der Waals surface area contributed by atoms with Gasteiger partial charge in [0, 0.05) is 11.1 Å². The lowest BCUT2D eigenvalue weighted by molar-refractivity contribution is 0.579. The molecule has 2 aromatic rings. The number of halogens is 3. The van der Waals surface area contributed by atoms with Crippen molar-refractivity contribution in [2.45, 2.75) is 10.6 Å². The van der Waals surface area contributed by atoms with Crippen LogP contribution in [0.25, 0.3) is 0 Å². The monoisotopic (exact) mass is 317 g/mol. The van der Waals surface area contributed by atoms with Gasteiger partial charge in [-0.15, -0.1) is 0 Å². The van der Waals surface area contributed by atoms with E-state index in [9.17, 15) is 17.2 Å². The van der Waals surface area contributed by atoms with Crippen molar-refractivity contribution in [1.29, 1.82) is 0 Å². The Morgan fingerprint density at radius 1 is 1.05 bits per heavy atom. The van der Waals surface area contributed by atoms with Gasteiger partial charge in [0.05, 0.1) is 16.3 Å². The fraction of sp³-hybridized carbons (Fsp3) is 0.0769. The third kappa shape index (κ3) is 3.26. The van der Waals surface area contributed by atoms with Gasteiger partial charge < -0.3 is 5.73 Å². The van der Waals surface area contributed by atoms with Crippen molar-refractivity contribution in [1.82, 2.24) is 0 Å². The lowest BCUT2D eigenvalue weighted by Crippen LogP contribution is -2.08. The second kappa shape index (κ2) is 5.38. The number of anilines is 1. The number of hydrogen-bond acceptors (Lipinski definition) is 3. The summed E-state index contributed by atoms with van der Waals surface area (Å²) >= 11 is 5.69. The normalized spacial score (nSPS) is 11.6. The van der Waals surface area contributed by atoms with Gasteiger partial charge in [-0.05, 0) is 35.9 Å². The zero-order valence-electron chi connectivity index (χ0n) is 10.1. The summed E-state index contributed by atoms with van der Waals surface area (Å²) < 4.78 is 50.5. The zero-order valence-corrected chi connectivity index (χ0v) is 11.7. The number of hydrogen-bond donors (Lipinski definition) is 1. The molecule has 106 valence electrons. The molecule has 0 amide bonds. The molecule has 0 heterocycles. The van der Waals surface area contributed by atoms with Crippen molar-refractivity contribution in [2.75, 3.05) is 5.73 Å². The number of sulfone groups is 1. The second-order valence-electron chi connectivity index (χ2n) is 4.22. The van der Waals surface area contributed by atoms with E-state index in [1.165, 1.54) is 18.2 Å². The molecule has 3 nitrogen and oxygen atoms in total. The molecule has 7 heteroatoms. The van der Waals surface area contributed by atoms with Crippen molar-refractivity contribution < 1.29 is 17.2 Å². The Kier molecular flexibility index (Phi) is 3.96. The van der Waals surface area contributed by atoms with Crippen LogP contribution >= 0.6 is 11.6 Å². The molecule has 0 saturated carbocycles. The summed E-state index contributed by atoms with van der Waals surface area (Å²) in [6.45, 7) is 0.